The summed E-state index contributed by atoms with van der Waals surface area (Å²) < 4.78 is 32.0. The van der Waals surface area contributed by atoms with E-state index in [0.29, 0.717) is 6.54 Å². The number of hydrogen-bond donors (Lipinski definition) is 3. The molecule has 1 amide bonds. The molecule has 0 aromatic carbocycles. The van der Waals surface area contributed by atoms with Crippen molar-refractivity contribution in [1.29, 1.82) is 0 Å². The van der Waals surface area contributed by atoms with Gasteiger partial charge in [-0.3, -0.25) is 4.79 Å². The van der Waals surface area contributed by atoms with E-state index < -0.39 is 16.1 Å². The number of carbonyl (C=O) groups excluding carboxylic acids is 1. The van der Waals surface area contributed by atoms with Crippen molar-refractivity contribution in [1.82, 2.24) is 25.4 Å². The minimum Gasteiger partial charge on any atom is -0.360 e. The van der Waals surface area contributed by atoms with E-state index in [1.165, 1.54) is 13.8 Å². The second-order valence-corrected chi connectivity index (χ2v) is 7.88. The molecule has 0 aliphatic carbocycles. The fourth-order valence-corrected chi connectivity index (χ4v) is 4.34. The molecule has 9 nitrogen and oxygen atoms in total. The third-order valence-electron chi connectivity index (χ3n) is 4.12. The van der Waals surface area contributed by atoms with Crippen molar-refractivity contribution in [2.45, 2.75) is 38.1 Å². The van der Waals surface area contributed by atoms with E-state index in [9.17, 15) is 13.2 Å². The van der Waals surface area contributed by atoms with Gasteiger partial charge in [-0.05, 0) is 33.7 Å². The van der Waals surface area contributed by atoms with Crippen molar-refractivity contribution in [3.8, 4) is 0 Å². The predicted molar refractivity (Wildman–Crippen MR) is 92.7 cm³/mol. The molecule has 142 valence electrons. The maximum Gasteiger partial charge on any atom is 0.246 e. The smallest absolute Gasteiger partial charge is 0.246 e. The molecule has 2 heterocycles. The van der Waals surface area contributed by atoms with Crippen LogP contribution in [0.25, 0.3) is 0 Å². The normalized spacial score (nSPS) is 17.4. The van der Waals surface area contributed by atoms with E-state index in [0.717, 1.165) is 39.1 Å². The molecule has 25 heavy (non-hydrogen) atoms. The highest BCUT2D eigenvalue weighted by Gasteiger charge is 2.27. The van der Waals surface area contributed by atoms with E-state index in [4.69, 9.17) is 4.52 Å². The van der Waals surface area contributed by atoms with Crippen LogP contribution < -0.4 is 15.4 Å². The quantitative estimate of drug-likeness (QED) is 0.520. The highest BCUT2D eigenvalue weighted by Crippen LogP contribution is 2.18. The van der Waals surface area contributed by atoms with Gasteiger partial charge in [0.2, 0.25) is 15.9 Å². The number of nitrogens with zero attached hydrogens (tertiary/aromatic N) is 2. The summed E-state index contributed by atoms with van der Waals surface area (Å²) in [6, 6.07) is -0.877. The first-order chi connectivity index (χ1) is 11.8. The van der Waals surface area contributed by atoms with Crippen LogP contribution in [0.5, 0.6) is 0 Å². The first-order valence-corrected chi connectivity index (χ1v) is 9.95. The van der Waals surface area contributed by atoms with E-state index in [2.05, 4.69) is 25.4 Å². The molecule has 0 saturated carbocycles. The molecule has 0 bridgehead atoms. The number of piperazine rings is 1. The van der Waals surface area contributed by atoms with E-state index in [1.807, 2.05) is 0 Å². The molecule has 1 aliphatic rings. The zero-order chi connectivity index (χ0) is 18.4. The molecule has 1 aliphatic heterocycles. The van der Waals surface area contributed by atoms with Gasteiger partial charge in [0.25, 0.3) is 0 Å². The second kappa shape index (κ2) is 8.75. The van der Waals surface area contributed by atoms with Crippen molar-refractivity contribution in [2.24, 2.45) is 0 Å². The van der Waals surface area contributed by atoms with Gasteiger partial charge in [0.15, 0.2) is 5.76 Å². The number of hydrogen-bond acceptors (Lipinski definition) is 7. The lowest BCUT2D eigenvalue weighted by atomic mass is 10.3. The molecule has 1 aromatic heterocycles. The summed E-state index contributed by atoms with van der Waals surface area (Å²) in [7, 11) is -3.85. The molecular weight excluding hydrogens is 346 g/mol. The minimum atomic E-state index is -3.85. The largest absolute Gasteiger partial charge is 0.360 e. The molecule has 1 unspecified atom stereocenters. The summed E-state index contributed by atoms with van der Waals surface area (Å²) in [6.07, 6.45) is 0.828. The molecule has 3 N–H and O–H groups in total. The van der Waals surface area contributed by atoms with Gasteiger partial charge in [0, 0.05) is 32.7 Å². The van der Waals surface area contributed by atoms with Gasteiger partial charge < -0.3 is 20.1 Å². The Morgan fingerprint density at radius 3 is 2.64 bits per heavy atom. The Labute approximate surface area is 148 Å². The van der Waals surface area contributed by atoms with Crippen LogP contribution in [0.4, 0.5) is 0 Å². The van der Waals surface area contributed by atoms with Crippen molar-refractivity contribution in [3.05, 3.63) is 11.5 Å². The van der Waals surface area contributed by atoms with Gasteiger partial charge >= 0.3 is 0 Å². The van der Waals surface area contributed by atoms with Gasteiger partial charge in [-0.1, -0.05) is 5.16 Å². The Morgan fingerprint density at radius 2 is 2.04 bits per heavy atom. The van der Waals surface area contributed by atoms with Crippen LogP contribution in [0, 0.1) is 13.8 Å². The molecule has 1 fully saturated rings. The van der Waals surface area contributed by atoms with Crippen molar-refractivity contribution >= 4 is 15.9 Å². The third-order valence-corrected chi connectivity index (χ3v) is 5.91. The fraction of sp³-hybridized carbons (Fsp3) is 0.733. The zero-order valence-electron chi connectivity index (χ0n) is 15.0. The number of carbonyl (C=O) groups is 1. The van der Waals surface area contributed by atoms with Crippen molar-refractivity contribution in [3.63, 3.8) is 0 Å². The number of sulfonamides is 1. The van der Waals surface area contributed by atoms with Crippen LogP contribution in [-0.2, 0) is 14.8 Å². The molecule has 1 atom stereocenters. The summed E-state index contributed by atoms with van der Waals surface area (Å²) in [5.41, 5.74) is 0.272. The number of aryl methyl sites for hydroxylation is 2. The molecule has 1 aromatic rings. The summed E-state index contributed by atoms with van der Waals surface area (Å²) >= 11 is 0. The Balaban J connectivity index is 1.77. The number of amides is 1. The van der Waals surface area contributed by atoms with Crippen LogP contribution in [0.2, 0.25) is 0 Å². The molecule has 2 rings (SSSR count). The van der Waals surface area contributed by atoms with Crippen LogP contribution in [-0.4, -0.2) is 69.7 Å². The average Bonchev–Trinajstić information content (AvgIpc) is 2.91. The summed E-state index contributed by atoms with van der Waals surface area (Å²) in [5.74, 6) is -0.149. The lowest BCUT2D eigenvalue weighted by molar-refractivity contribution is -0.122. The SMILES string of the molecule is Cc1noc(C)c1S(=O)(=O)NC(C)C(=O)NCCCN1CCNCC1. The fourth-order valence-electron chi connectivity index (χ4n) is 2.81. The van der Waals surface area contributed by atoms with Crippen LogP contribution in [0.15, 0.2) is 9.42 Å². The molecule has 0 radical (unpaired) electrons. The van der Waals surface area contributed by atoms with Gasteiger partial charge in [0.05, 0.1) is 6.04 Å². The Bertz CT molecular complexity index is 663. The first-order valence-electron chi connectivity index (χ1n) is 8.47. The minimum absolute atomic E-state index is 0.00846. The third kappa shape index (κ3) is 5.50. The monoisotopic (exact) mass is 373 g/mol. The van der Waals surface area contributed by atoms with Crippen LogP contribution in [0.3, 0.4) is 0 Å². The topological polar surface area (TPSA) is 117 Å². The zero-order valence-corrected chi connectivity index (χ0v) is 15.8. The van der Waals surface area contributed by atoms with Gasteiger partial charge in [0.1, 0.15) is 10.6 Å². The molecule has 1 saturated heterocycles. The van der Waals surface area contributed by atoms with Crippen molar-refractivity contribution in [2.75, 3.05) is 39.3 Å². The average molecular weight is 373 g/mol. The number of nitrogens with one attached hydrogen (secondary N) is 3. The van der Waals surface area contributed by atoms with Crippen LogP contribution >= 0.6 is 0 Å². The highest BCUT2D eigenvalue weighted by atomic mass is 32.2. The van der Waals surface area contributed by atoms with Gasteiger partial charge in [-0.15, -0.1) is 0 Å². The van der Waals surface area contributed by atoms with Gasteiger partial charge in [-0.25, -0.2) is 8.42 Å². The molecular formula is C15H27N5O4S. The maximum absolute atomic E-state index is 12.4. The highest BCUT2D eigenvalue weighted by molar-refractivity contribution is 7.89. The van der Waals surface area contributed by atoms with Gasteiger partial charge in [-0.2, -0.15) is 4.72 Å². The maximum atomic E-state index is 12.4. The standard InChI is InChI=1S/C15H27N5O4S/c1-11-14(13(3)24-18-11)25(22,23)19-12(2)15(21)17-5-4-8-20-9-6-16-7-10-20/h12,16,19H,4-10H2,1-3H3,(H,17,21). The molecule has 10 heteroatoms. The number of aromatic nitrogens is 1. The Hall–Kier alpha value is -1.49. The number of rotatable bonds is 8. The lowest BCUT2D eigenvalue weighted by Crippen LogP contribution is -2.46. The lowest BCUT2D eigenvalue weighted by Gasteiger charge is -2.27. The Kier molecular flexibility index (Phi) is 6.94. The van der Waals surface area contributed by atoms with Crippen molar-refractivity contribution < 1.29 is 17.7 Å². The first kappa shape index (κ1) is 19.8. The van der Waals surface area contributed by atoms with E-state index >= 15 is 0 Å². The summed E-state index contributed by atoms with van der Waals surface area (Å²) in [6.45, 7) is 10.0. The second-order valence-electron chi connectivity index (χ2n) is 6.23. The summed E-state index contributed by atoms with van der Waals surface area (Å²) in [5, 5.41) is 9.70. The van der Waals surface area contributed by atoms with E-state index in [1.54, 1.807) is 6.92 Å². The molecule has 0 spiro atoms. The summed E-state index contributed by atoms with van der Waals surface area (Å²) in [4.78, 5) is 14.4. The van der Waals surface area contributed by atoms with Crippen LogP contribution in [0.1, 0.15) is 24.8 Å². The van der Waals surface area contributed by atoms with E-state index in [-0.39, 0.29) is 22.3 Å². The Morgan fingerprint density at radius 1 is 1.36 bits per heavy atom. The predicted octanol–water partition coefficient (Wildman–Crippen LogP) is -0.630.